The third-order valence-corrected chi connectivity index (χ3v) is 4.36. The lowest BCUT2D eigenvalue weighted by Gasteiger charge is -2.35. The topological polar surface area (TPSA) is 34.0 Å². The highest BCUT2D eigenvalue weighted by molar-refractivity contribution is 6.25. The minimum atomic E-state index is -0.130. The molecule has 0 amide bonds. The molecular weight excluding hydrogens is 260 g/mol. The van der Waals surface area contributed by atoms with Crippen molar-refractivity contribution in [3.05, 3.63) is 34.6 Å². The molecule has 0 spiro atoms. The SMILES string of the molecule is CC.CCC1(C)N=C2C(OC)=CC(=NC)C=C2C(C)=C1C. The van der Waals surface area contributed by atoms with Crippen LogP contribution in [0.3, 0.4) is 0 Å². The van der Waals surface area contributed by atoms with Crippen molar-refractivity contribution in [2.75, 3.05) is 14.2 Å². The Hall–Kier alpha value is -1.64. The van der Waals surface area contributed by atoms with Gasteiger partial charge in [-0.1, -0.05) is 20.8 Å². The smallest absolute Gasteiger partial charge is 0.146 e. The van der Waals surface area contributed by atoms with Crippen LogP contribution >= 0.6 is 0 Å². The van der Waals surface area contributed by atoms with Gasteiger partial charge in [-0.3, -0.25) is 9.98 Å². The summed E-state index contributed by atoms with van der Waals surface area (Å²) in [4.78, 5) is 9.21. The van der Waals surface area contributed by atoms with Crippen molar-refractivity contribution in [1.29, 1.82) is 0 Å². The Kier molecular flexibility index (Phi) is 5.70. The van der Waals surface area contributed by atoms with E-state index in [2.05, 4.69) is 38.8 Å². The van der Waals surface area contributed by atoms with Gasteiger partial charge in [0.15, 0.2) is 0 Å². The van der Waals surface area contributed by atoms with Crippen molar-refractivity contribution in [2.45, 2.75) is 53.5 Å². The molecule has 21 heavy (non-hydrogen) atoms. The summed E-state index contributed by atoms with van der Waals surface area (Å²) >= 11 is 0. The van der Waals surface area contributed by atoms with E-state index in [1.54, 1.807) is 14.2 Å². The zero-order valence-corrected chi connectivity index (χ0v) is 14.7. The van der Waals surface area contributed by atoms with E-state index in [-0.39, 0.29) is 5.54 Å². The summed E-state index contributed by atoms with van der Waals surface area (Å²) in [5.41, 5.74) is 5.52. The number of rotatable bonds is 2. The first-order valence-corrected chi connectivity index (χ1v) is 7.70. The summed E-state index contributed by atoms with van der Waals surface area (Å²) in [6.07, 6.45) is 5.03. The van der Waals surface area contributed by atoms with Crippen LogP contribution in [0.2, 0.25) is 0 Å². The molecule has 1 aliphatic carbocycles. The van der Waals surface area contributed by atoms with Gasteiger partial charge >= 0.3 is 0 Å². The summed E-state index contributed by atoms with van der Waals surface area (Å²) in [6.45, 7) is 12.7. The number of allylic oxidation sites excluding steroid dienone is 4. The van der Waals surface area contributed by atoms with E-state index in [9.17, 15) is 0 Å². The van der Waals surface area contributed by atoms with Crippen LogP contribution in [0.15, 0.2) is 44.6 Å². The van der Waals surface area contributed by atoms with Gasteiger partial charge in [0.1, 0.15) is 11.5 Å². The molecule has 0 saturated carbocycles. The molecule has 0 N–H and O–H groups in total. The molecule has 1 heterocycles. The summed E-state index contributed by atoms with van der Waals surface area (Å²) in [7, 11) is 3.48. The summed E-state index contributed by atoms with van der Waals surface area (Å²) in [6, 6.07) is 0. The Morgan fingerprint density at radius 3 is 2.33 bits per heavy atom. The van der Waals surface area contributed by atoms with Crippen LogP contribution in [0.25, 0.3) is 0 Å². The van der Waals surface area contributed by atoms with E-state index in [4.69, 9.17) is 9.73 Å². The van der Waals surface area contributed by atoms with Gasteiger partial charge in [-0.2, -0.15) is 0 Å². The van der Waals surface area contributed by atoms with Crippen molar-refractivity contribution in [3.8, 4) is 0 Å². The summed E-state index contributed by atoms with van der Waals surface area (Å²) in [5.74, 6) is 0.810. The molecule has 0 aromatic carbocycles. The number of methoxy groups -OCH3 is 1. The third-order valence-electron chi connectivity index (χ3n) is 4.36. The molecule has 0 aromatic rings. The second-order valence-electron chi connectivity index (χ2n) is 5.26. The lowest BCUT2D eigenvalue weighted by atomic mass is 9.79. The number of hydrogen-bond acceptors (Lipinski definition) is 3. The normalized spacial score (nSPS) is 26.3. The van der Waals surface area contributed by atoms with E-state index in [0.29, 0.717) is 0 Å². The zero-order chi connectivity index (χ0) is 16.2. The van der Waals surface area contributed by atoms with Crippen LogP contribution in [0.1, 0.15) is 48.0 Å². The van der Waals surface area contributed by atoms with Gasteiger partial charge in [-0.05, 0) is 44.4 Å². The van der Waals surface area contributed by atoms with E-state index in [1.165, 1.54) is 11.1 Å². The Morgan fingerprint density at radius 2 is 1.86 bits per heavy atom. The molecule has 1 atom stereocenters. The number of nitrogens with zero attached hydrogens (tertiary/aromatic N) is 2. The maximum atomic E-state index is 5.50. The van der Waals surface area contributed by atoms with Crippen LogP contribution in [0.5, 0.6) is 0 Å². The second-order valence-corrected chi connectivity index (χ2v) is 5.26. The minimum absolute atomic E-state index is 0.130. The fraction of sp³-hybridized carbons (Fsp3) is 0.556. The van der Waals surface area contributed by atoms with Crippen molar-refractivity contribution >= 4 is 11.4 Å². The molecule has 0 saturated heterocycles. The van der Waals surface area contributed by atoms with Crippen molar-refractivity contribution in [2.24, 2.45) is 9.98 Å². The maximum Gasteiger partial charge on any atom is 0.146 e. The number of hydrogen-bond donors (Lipinski definition) is 0. The average molecular weight is 288 g/mol. The predicted octanol–water partition coefficient (Wildman–Crippen LogP) is 4.51. The molecule has 0 fully saturated rings. The standard InChI is InChI=1S/C16H22N2O.C2H6/c1-7-16(4)11(3)10(2)13-8-12(17-5)9-14(19-6)15(13)18-16;1-2/h8-9H,7H2,1-6H3;1-2H3. The highest BCUT2D eigenvalue weighted by atomic mass is 16.5. The molecule has 0 bridgehead atoms. The van der Waals surface area contributed by atoms with Crippen LogP contribution in [-0.2, 0) is 4.74 Å². The number of fused-ring (bicyclic) bond motifs is 1. The number of aliphatic imine (C=N–C) groups is 2. The van der Waals surface area contributed by atoms with Crippen LogP contribution in [-0.4, -0.2) is 31.1 Å². The highest BCUT2D eigenvalue weighted by Gasteiger charge is 2.34. The first kappa shape index (κ1) is 17.4. The molecule has 3 nitrogen and oxygen atoms in total. The quantitative estimate of drug-likeness (QED) is 0.688. The maximum absolute atomic E-state index is 5.50. The Balaban J connectivity index is 0.00000106. The van der Waals surface area contributed by atoms with Crippen LogP contribution in [0.4, 0.5) is 0 Å². The predicted molar refractivity (Wildman–Crippen MR) is 92.4 cm³/mol. The number of dihydropyridines is 1. The lowest BCUT2D eigenvalue weighted by molar-refractivity contribution is 0.314. The molecular formula is C18H28N2O. The first-order valence-electron chi connectivity index (χ1n) is 7.70. The lowest BCUT2D eigenvalue weighted by Crippen LogP contribution is -2.33. The second kappa shape index (κ2) is 6.88. The van der Waals surface area contributed by atoms with Crippen LogP contribution in [0, 0.1) is 0 Å². The fourth-order valence-electron chi connectivity index (χ4n) is 2.56. The van der Waals surface area contributed by atoms with E-state index in [1.807, 2.05) is 19.9 Å². The molecule has 0 radical (unpaired) electrons. The van der Waals surface area contributed by atoms with Gasteiger partial charge in [0.2, 0.25) is 0 Å². The Bertz CT molecular complexity index is 562. The van der Waals surface area contributed by atoms with Crippen molar-refractivity contribution in [1.82, 2.24) is 0 Å². The van der Waals surface area contributed by atoms with E-state index < -0.39 is 0 Å². The van der Waals surface area contributed by atoms with E-state index in [0.717, 1.165) is 29.2 Å². The van der Waals surface area contributed by atoms with Gasteiger partial charge in [-0.25, -0.2) is 0 Å². The minimum Gasteiger partial charge on any atom is -0.494 e. The molecule has 1 unspecified atom stereocenters. The van der Waals surface area contributed by atoms with Crippen molar-refractivity contribution < 1.29 is 4.74 Å². The summed E-state index contributed by atoms with van der Waals surface area (Å²) in [5, 5.41) is 0. The largest absolute Gasteiger partial charge is 0.494 e. The van der Waals surface area contributed by atoms with Crippen LogP contribution < -0.4 is 0 Å². The molecule has 0 aromatic heterocycles. The Morgan fingerprint density at radius 1 is 1.24 bits per heavy atom. The monoisotopic (exact) mass is 288 g/mol. The van der Waals surface area contributed by atoms with Gasteiger partial charge in [0.25, 0.3) is 0 Å². The molecule has 1 aliphatic heterocycles. The van der Waals surface area contributed by atoms with Gasteiger partial charge in [0, 0.05) is 18.7 Å². The number of ether oxygens (including phenoxy) is 1. The third kappa shape index (κ3) is 3.02. The van der Waals surface area contributed by atoms with Gasteiger partial charge < -0.3 is 4.74 Å². The van der Waals surface area contributed by atoms with Gasteiger partial charge in [-0.15, -0.1) is 0 Å². The van der Waals surface area contributed by atoms with E-state index >= 15 is 0 Å². The summed E-state index contributed by atoms with van der Waals surface area (Å²) < 4.78 is 5.50. The van der Waals surface area contributed by atoms with Gasteiger partial charge in [0.05, 0.1) is 18.4 Å². The first-order chi connectivity index (χ1) is 9.96. The molecule has 3 heteroatoms. The Labute approximate surface area is 129 Å². The molecule has 2 aliphatic rings. The molecule has 116 valence electrons. The fourth-order valence-corrected chi connectivity index (χ4v) is 2.56. The molecule has 2 rings (SSSR count). The highest BCUT2D eigenvalue weighted by Crippen LogP contribution is 2.38. The average Bonchev–Trinajstić information content (AvgIpc) is 2.54. The van der Waals surface area contributed by atoms with Crippen molar-refractivity contribution in [3.63, 3.8) is 0 Å². The zero-order valence-electron chi connectivity index (χ0n) is 14.7.